The molecule has 0 bridgehead atoms. The molecular formula is C19H30O16. The van der Waals surface area contributed by atoms with Gasteiger partial charge in [-0.25, -0.2) is 9.59 Å². The monoisotopic (exact) mass is 514 g/mol. The number of carboxylic acid groups (broad SMARTS) is 2. The number of carboxylic acids is 2. The first-order valence-corrected chi connectivity index (χ1v) is 10.4. The molecule has 10 N–H and O–H groups in total. The van der Waals surface area contributed by atoms with Crippen molar-refractivity contribution in [2.45, 2.75) is 79.9 Å². The summed E-state index contributed by atoms with van der Waals surface area (Å²) in [5.41, 5.74) is 0. The van der Waals surface area contributed by atoms with Gasteiger partial charge in [0, 0.05) is 0 Å². The van der Waals surface area contributed by atoms with Gasteiger partial charge >= 0.3 is 17.7 Å². The second-order valence-electron chi connectivity index (χ2n) is 8.06. The Labute approximate surface area is 197 Å². The lowest BCUT2D eigenvalue weighted by Gasteiger charge is -2.50. The Morgan fingerprint density at radius 2 is 1.49 bits per heavy atom. The number of allylic oxidation sites excluding steroid dienone is 1. The van der Waals surface area contributed by atoms with E-state index in [2.05, 4.69) is 0 Å². The van der Waals surface area contributed by atoms with Crippen molar-refractivity contribution in [3.63, 3.8) is 0 Å². The van der Waals surface area contributed by atoms with Gasteiger partial charge in [0.2, 0.25) is 0 Å². The summed E-state index contributed by atoms with van der Waals surface area (Å²) in [6.07, 6.45) is -17.7. The van der Waals surface area contributed by atoms with Gasteiger partial charge in [-0.15, -0.1) is 0 Å². The molecule has 0 aromatic heterocycles. The fraction of sp³-hybridized carbons (Fsp3) is 0.789. The first kappa shape index (κ1) is 29.3. The lowest BCUT2D eigenvalue weighted by atomic mass is 9.88. The molecule has 0 unspecified atom stereocenters. The Balaban J connectivity index is 2.56. The number of aliphatic hydroxyl groups excluding tert-OH is 8. The standard InChI is InChI=1S/C19H30O16/c1-2-3-32-18(16(28)29)4-9(10(24)13(34-18)7(22)5-20)33-19(17(30)31)15(27)12(26)11(25)14(35-19)8(23)6-21/h2-3,7-15,20-27H,4-6H2,1H3,(H,28,29)(H,30,31)/b3-2+/t7-,8-,9-,10-,11-,12+,13-,14-,15+,18-,19-/m1/s1. The molecule has 0 spiro atoms. The number of carbonyl (C=O) groups is 2. The largest absolute Gasteiger partial charge is 0.477 e. The van der Waals surface area contributed by atoms with Crippen molar-refractivity contribution in [2.75, 3.05) is 13.2 Å². The molecule has 0 amide bonds. The summed E-state index contributed by atoms with van der Waals surface area (Å²) in [6.45, 7) is -0.650. The lowest BCUT2D eigenvalue weighted by molar-refractivity contribution is -0.392. The quantitative estimate of drug-likeness (QED) is 0.122. The summed E-state index contributed by atoms with van der Waals surface area (Å²) in [6, 6.07) is 0. The van der Waals surface area contributed by atoms with Crippen LogP contribution in [-0.2, 0) is 28.5 Å². The molecule has 2 aliphatic heterocycles. The van der Waals surface area contributed by atoms with Crippen molar-refractivity contribution >= 4 is 11.9 Å². The van der Waals surface area contributed by atoms with Crippen molar-refractivity contribution in [3.8, 4) is 0 Å². The highest BCUT2D eigenvalue weighted by atomic mass is 16.8. The van der Waals surface area contributed by atoms with E-state index in [0.717, 1.165) is 6.26 Å². The maximum Gasteiger partial charge on any atom is 0.377 e. The van der Waals surface area contributed by atoms with Gasteiger partial charge < -0.3 is 70.0 Å². The first-order chi connectivity index (χ1) is 16.3. The first-order valence-electron chi connectivity index (χ1n) is 10.4. The van der Waals surface area contributed by atoms with E-state index in [1.807, 2.05) is 0 Å². The molecule has 0 saturated carbocycles. The molecule has 0 aromatic rings. The van der Waals surface area contributed by atoms with E-state index < -0.39 is 98.1 Å². The SMILES string of the molecule is C/C=C/O[C@]1(C(=O)O)C[C@@H](O[C@@]2(C(=O)O)O[C@H]([C@H](O)CO)[C@H](O)[C@H](O)[C@@H]2O)[C@@H](O)[C@@H]([C@H](O)CO)O1. The molecule has 2 fully saturated rings. The van der Waals surface area contributed by atoms with Crippen LogP contribution in [0.3, 0.4) is 0 Å². The summed E-state index contributed by atoms with van der Waals surface area (Å²) < 4.78 is 20.8. The van der Waals surface area contributed by atoms with Gasteiger partial charge in [-0.2, -0.15) is 0 Å². The number of hydrogen-bond acceptors (Lipinski definition) is 14. The van der Waals surface area contributed by atoms with E-state index in [0.29, 0.717) is 0 Å². The minimum absolute atomic E-state index is 0.887. The molecule has 16 nitrogen and oxygen atoms in total. The molecule has 16 heteroatoms. The number of rotatable bonds is 10. The van der Waals surface area contributed by atoms with Crippen LogP contribution in [0, 0.1) is 0 Å². The molecule has 35 heavy (non-hydrogen) atoms. The van der Waals surface area contributed by atoms with Crippen molar-refractivity contribution in [1.82, 2.24) is 0 Å². The predicted octanol–water partition coefficient (Wildman–Crippen LogP) is -5.18. The molecule has 2 saturated heterocycles. The normalized spacial score (nSPS) is 41.9. The van der Waals surface area contributed by atoms with Crippen LogP contribution in [0.5, 0.6) is 0 Å². The molecule has 2 heterocycles. The average molecular weight is 514 g/mol. The van der Waals surface area contributed by atoms with Crippen molar-refractivity contribution in [3.05, 3.63) is 12.3 Å². The van der Waals surface area contributed by atoms with E-state index in [-0.39, 0.29) is 0 Å². The molecule has 0 radical (unpaired) electrons. The van der Waals surface area contributed by atoms with Crippen LogP contribution >= 0.6 is 0 Å². The van der Waals surface area contributed by atoms with Crippen LogP contribution in [-0.4, -0.2) is 143 Å². The Morgan fingerprint density at radius 1 is 0.943 bits per heavy atom. The van der Waals surface area contributed by atoms with Gasteiger partial charge in [-0.1, -0.05) is 6.08 Å². The maximum absolute atomic E-state index is 12.2. The van der Waals surface area contributed by atoms with Gasteiger partial charge in [0.05, 0.1) is 32.0 Å². The minimum atomic E-state index is -3.33. The summed E-state index contributed by atoms with van der Waals surface area (Å²) in [4.78, 5) is 24.2. The molecular weight excluding hydrogens is 484 g/mol. The molecule has 0 aromatic carbocycles. The Bertz CT molecular complexity index is 776. The average Bonchev–Trinajstić information content (AvgIpc) is 2.83. The highest BCUT2D eigenvalue weighted by Gasteiger charge is 2.64. The molecule has 2 aliphatic rings. The minimum Gasteiger partial charge on any atom is -0.477 e. The fourth-order valence-electron chi connectivity index (χ4n) is 3.81. The van der Waals surface area contributed by atoms with Crippen LogP contribution in [0.15, 0.2) is 12.3 Å². The zero-order valence-electron chi connectivity index (χ0n) is 18.4. The highest BCUT2D eigenvalue weighted by molar-refractivity contribution is 5.77. The third kappa shape index (κ3) is 5.42. The van der Waals surface area contributed by atoms with E-state index in [4.69, 9.17) is 18.9 Å². The molecule has 2 rings (SSSR count). The second-order valence-corrected chi connectivity index (χ2v) is 8.06. The van der Waals surface area contributed by atoms with Gasteiger partial charge in [0.1, 0.15) is 48.8 Å². The van der Waals surface area contributed by atoms with E-state index >= 15 is 0 Å². The summed E-state index contributed by atoms with van der Waals surface area (Å²) in [5, 5.41) is 99.6. The smallest absolute Gasteiger partial charge is 0.377 e. The van der Waals surface area contributed by atoms with Crippen LogP contribution in [0.2, 0.25) is 0 Å². The predicted molar refractivity (Wildman–Crippen MR) is 106 cm³/mol. The number of hydrogen-bond donors (Lipinski definition) is 10. The summed E-state index contributed by atoms with van der Waals surface area (Å²) in [5.74, 6) is -9.95. The van der Waals surface area contributed by atoms with Gasteiger partial charge in [0.15, 0.2) is 0 Å². The van der Waals surface area contributed by atoms with E-state index in [9.17, 15) is 60.7 Å². The van der Waals surface area contributed by atoms with Gasteiger partial charge in [-0.05, 0) is 6.92 Å². The number of aliphatic hydroxyl groups is 8. The van der Waals surface area contributed by atoms with Gasteiger partial charge in [-0.3, -0.25) is 0 Å². The maximum atomic E-state index is 12.2. The van der Waals surface area contributed by atoms with Crippen molar-refractivity contribution in [2.24, 2.45) is 0 Å². The second kappa shape index (κ2) is 11.4. The van der Waals surface area contributed by atoms with E-state index in [1.54, 1.807) is 0 Å². The van der Waals surface area contributed by atoms with Crippen LogP contribution in [0.1, 0.15) is 13.3 Å². The molecule has 202 valence electrons. The summed E-state index contributed by atoms with van der Waals surface area (Å²) >= 11 is 0. The van der Waals surface area contributed by atoms with Crippen molar-refractivity contribution < 1.29 is 79.6 Å². The third-order valence-electron chi connectivity index (χ3n) is 5.70. The number of ether oxygens (including phenoxy) is 4. The zero-order chi connectivity index (χ0) is 26.7. The van der Waals surface area contributed by atoms with Gasteiger partial charge in [0.25, 0.3) is 5.79 Å². The Kier molecular flexibility index (Phi) is 9.53. The van der Waals surface area contributed by atoms with Crippen LogP contribution in [0.4, 0.5) is 0 Å². The number of aliphatic carboxylic acids is 2. The lowest BCUT2D eigenvalue weighted by Crippen LogP contribution is -2.73. The van der Waals surface area contributed by atoms with Crippen LogP contribution in [0.25, 0.3) is 0 Å². The van der Waals surface area contributed by atoms with Crippen LogP contribution < -0.4 is 0 Å². The highest BCUT2D eigenvalue weighted by Crippen LogP contribution is 2.40. The fourth-order valence-corrected chi connectivity index (χ4v) is 3.81. The topological polar surface area (TPSA) is 273 Å². The molecule has 0 aliphatic carbocycles. The zero-order valence-corrected chi connectivity index (χ0v) is 18.4. The Hall–Kier alpha value is -1.96. The third-order valence-corrected chi connectivity index (χ3v) is 5.70. The van der Waals surface area contributed by atoms with Crippen molar-refractivity contribution in [1.29, 1.82) is 0 Å². The van der Waals surface area contributed by atoms with E-state index in [1.165, 1.54) is 13.0 Å². The summed E-state index contributed by atoms with van der Waals surface area (Å²) in [7, 11) is 0. The molecule has 11 atom stereocenters. The Morgan fingerprint density at radius 3 is 1.94 bits per heavy atom.